The zero-order chi connectivity index (χ0) is 18.7. The number of hydrogen-bond acceptors (Lipinski definition) is 6. The van der Waals surface area contributed by atoms with Crippen molar-refractivity contribution in [1.29, 1.82) is 0 Å². The monoisotopic (exact) mass is 436 g/mol. The second-order valence-electron chi connectivity index (χ2n) is 6.50. The molecular formula is C18H21BrN4O2S. The molecule has 3 rings (SSSR count). The highest BCUT2D eigenvalue weighted by molar-refractivity contribution is 9.10. The van der Waals surface area contributed by atoms with Crippen molar-refractivity contribution in [1.82, 2.24) is 19.7 Å². The van der Waals surface area contributed by atoms with Gasteiger partial charge in [0.05, 0.1) is 16.7 Å². The summed E-state index contributed by atoms with van der Waals surface area (Å²) in [5.41, 5.74) is 0.672. The van der Waals surface area contributed by atoms with Crippen LogP contribution in [0.3, 0.4) is 0 Å². The Morgan fingerprint density at radius 2 is 2.12 bits per heavy atom. The molecule has 138 valence electrons. The SMILES string of the molecule is CCCn1c(SCc2nc(CC(C)C)no2)nc2ccc(Br)cc2c1=O. The second-order valence-corrected chi connectivity index (χ2v) is 8.36. The van der Waals surface area contributed by atoms with Crippen molar-refractivity contribution in [3.63, 3.8) is 0 Å². The molecule has 8 heteroatoms. The van der Waals surface area contributed by atoms with Gasteiger partial charge in [-0.05, 0) is 30.5 Å². The lowest BCUT2D eigenvalue weighted by atomic mass is 10.1. The Morgan fingerprint density at radius 3 is 2.85 bits per heavy atom. The lowest BCUT2D eigenvalue weighted by Gasteiger charge is -2.11. The number of aromatic nitrogens is 4. The number of benzene rings is 1. The van der Waals surface area contributed by atoms with Gasteiger partial charge in [0.15, 0.2) is 11.0 Å². The Hall–Kier alpha value is -1.67. The van der Waals surface area contributed by atoms with Crippen LogP contribution in [-0.4, -0.2) is 19.7 Å². The van der Waals surface area contributed by atoms with Gasteiger partial charge in [0, 0.05) is 17.4 Å². The van der Waals surface area contributed by atoms with E-state index in [1.54, 1.807) is 4.57 Å². The molecule has 0 N–H and O–H groups in total. The molecule has 0 radical (unpaired) electrons. The molecule has 0 amide bonds. The van der Waals surface area contributed by atoms with E-state index in [-0.39, 0.29) is 5.56 Å². The number of rotatable bonds is 7. The average Bonchev–Trinajstić information content (AvgIpc) is 3.03. The Morgan fingerprint density at radius 1 is 1.31 bits per heavy atom. The van der Waals surface area contributed by atoms with Gasteiger partial charge in [-0.25, -0.2) is 4.98 Å². The van der Waals surface area contributed by atoms with Crippen LogP contribution in [0.5, 0.6) is 0 Å². The first-order chi connectivity index (χ1) is 12.5. The third kappa shape index (κ3) is 4.35. The molecule has 0 fully saturated rings. The average molecular weight is 437 g/mol. The van der Waals surface area contributed by atoms with Crippen LogP contribution < -0.4 is 5.56 Å². The molecule has 0 spiro atoms. The molecule has 0 aliphatic rings. The topological polar surface area (TPSA) is 73.8 Å². The maximum absolute atomic E-state index is 12.9. The summed E-state index contributed by atoms with van der Waals surface area (Å²) in [7, 11) is 0. The Bertz CT molecular complexity index is 967. The molecule has 0 aliphatic heterocycles. The molecule has 3 aromatic rings. The van der Waals surface area contributed by atoms with E-state index in [9.17, 15) is 4.79 Å². The van der Waals surface area contributed by atoms with Gasteiger partial charge in [-0.15, -0.1) is 0 Å². The lowest BCUT2D eigenvalue weighted by molar-refractivity contribution is 0.382. The van der Waals surface area contributed by atoms with Crippen LogP contribution in [0.1, 0.15) is 38.9 Å². The first-order valence-corrected chi connectivity index (χ1v) is 10.4. The highest BCUT2D eigenvalue weighted by Gasteiger charge is 2.14. The minimum Gasteiger partial charge on any atom is -0.338 e. The van der Waals surface area contributed by atoms with Crippen molar-refractivity contribution in [2.24, 2.45) is 5.92 Å². The van der Waals surface area contributed by atoms with E-state index < -0.39 is 0 Å². The Kier molecular flexibility index (Phi) is 6.13. The van der Waals surface area contributed by atoms with Crippen molar-refractivity contribution in [2.75, 3.05) is 0 Å². The number of thioether (sulfide) groups is 1. The summed E-state index contributed by atoms with van der Waals surface area (Å²) in [6, 6.07) is 5.57. The van der Waals surface area contributed by atoms with Crippen molar-refractivity contribution in [3.05, 3.63) is 44.7 Å². The highest BCUT2D eigenvalue weighted by atomic mass is 79.9. The van der Waals surface area contributed by atoms with Crippen LogP contribution in [0, 0.1) is 5.92 Å². The van der Waals surface area contributed by atoms with E-state index in [0.29, 0.717) is 40.2 Å². The molecule has 2 aromatic heterocycles. The van der Waals surface area contributed by atoms with Gasteiger partial charge in [0.25, 0.3) is 5.56 Å². The molecule has 0 saturated carbocycles. The van der Waals surface area contributed by atoms with E-state index in [1.807, 2.05) is 25.1 Å². The molecule has 0 bridgehead atoms. The summed E-state index contributed by atoms with van der Waals surface area (Å²) < 4.78 is 7.92. The molecule has 0 saturated heterocycles. The van der Waals surface area contributed by atoms with E-state index >= 15 is 0 Å². The van der Waals surface area contributed by atoms with Crippen LogP contribution in [-0.2, 0) is 18.7 Å². The molecule has 0 atom stereocenters. The van der Waals surface area contributed by atoms with Gasteiger partial charge >= 0.3 is 0 Å². The molecular weight excluding hydrogens is 416 g/mol. The fourth-order valence-corrected chi connectivity index (χ4v) is 3.85. The van der Waals surface area contributed by atoms with Crippen molar-refractivity contribution in [2.45, 2.75) is 51.1 Å². The smallest absolute Gasteiger partial charge is 0.262 e. The van der Waals surface area contributed by atoms with Gasteiger partial charge in [-0.3, -0.25) is 9.36 Å². The maximum Gasteiger partial charge on any atom is 0.262 e. The van der Waals surface area contributed by atoms with Gasteiger partial charge in [-0.2, -0.15) is 4.98 Å². The zero-order valence-corrected chi connectivity index (χ0v) is 17.4. The predicted octanol–water partition coefficient (Wildman–Crippen LogP) is 4.44. The van der Waals surface area contributed by atoms with Crippen molar-refractivity contribution >= 4 is 38.6 Å². The summed E-state index contributed by atoms with van der Waals surface area (Å²) in [4.78, 5) is 22.0. The molecule has 2 heterocycles. The largest absolute Gasteiger partial charge is 0.338 e. The summed E-state index contributed by atoms with van der Waals surface area (Å²) in [6.45, 7) is 6.90. The van der Waals surface area contributed by atoms with Crippen LogP contribution in [0.25, 0.3) is 10.9 Å². The number of halogens is 1. The van der Waals surface area contributed by atoms with E-state index in [2.05, 4.69) is 44.9 Å². The molecule has 26 heavy (non-hydrogen) atoms. The summed E-state index contributed by atoms with van der Waals surface area (Å²) in [5.74, 6) is 2.24. The first kappa shape index (κ1) is 19.1. The quantitative estimate of drug-likeness (QED) is 0.402. The molecule has 1 aromatic carbocycles. The van der Waals surface area contributed by atoms with Crippen LogP contribution in [0.4, 0.5) is 0 Å². The predicted molar refractivity (Wildman–Crippen MR) is 106 cm³/mol. The van der Waals surface area contributed by atoms with Crippen molar-refractivity contribution in [3.8, 4) is 0 Å². The third-order valence-electron chi connectivity index (χ3n) is 3.75. The normalized spacial score (nSPS) is 11.6. The number of fused-ring (bicyclic) bond motifs is 1. The molecule has 6 nitrogen and oxygen atoms in total. The van der Waals surface area contributed by atoms with E-state index in [4.69, 9.17) is 4.52 Å². The van der Waals surface area contributed by atoms with Gasteiger partial charge < -0.3 is 4.52 Å². The first-order valence-electron chi connectivity index (χ1n) is 8.62. The van der Waals surface area contributed by atoms with E-state index in [0.717, 1.165) is 23.1 Å². The number of hydrogen-bond donors (Lipinski definition) is 0. The van der Waals surface area contributed by atoms with Crippen LogP contribution >= 0.6 is 27.7 Å². The third-order valence-corrected chi connectivity index (χ3v) is 5.21. The van der Waals surface area contributed by atoms with E-state index in [1.165, 1.54) is 11.8 Å². The summed E-state index contributed by atoms with van der Waals surface area (Å²) in [5, 5.41) is 5.31. The van der Waals surface area contributed by atoms with Gasteiger partial charge in [0.1, 0.15) is 0 Å². The fourth-order valence-electron chi connectivity index (χ4n) is 2.63. The maximum atomic E-state index is 12.9. The van der Waals surface area contributed by atoms with Crippen LogP contribution in [0.2, 0.25) is 0 Å². The lowest BCUT2D eigenvalue weighted by Crippen LogP contribution is -2.23. The molecule has 0 aliphatic carbocycles. The Balaban J connectivity index is 1.88. The minimum absolute atomic E-state index is 0.0216. The number of nitrogens with zero attached hydrogens (tertiary/aromatic N) is 4. The standard InChI is InChI=1S/C18H21BrN4O2S/c1-4-7-23-17(24)13-9-12(19)5-6-14(13)20-18(23)26-10-16-21-15(22-25-16)8-11(2)3/h5-6,9,11H,4,7-8,10H2,1-3H3. The second kappa shape index (κ2) is 8.35. The summed E-state index contributed by atoms with van der Waals surface area (Å²) in [6.07, 6.45) is 1.64. The Labute approximate surface area is 164 Å². The summed E-state index contributed by atoms with van der Waals surface area (Å²) >= 11 is 4.87. The minimum atomic E-state index is -0.0216. The molecule has 0 unspecified atom stereocenters. The van der Waals surface area contributed by atoms with Gasteiger partial charge in [-0.1, -0.05) is 53.6 Å². The van der Waals surface area contributed by atoms with Crippen LogP contribution in [0.15, 0.2) is 37.1 Å². The van der Waals surface area contributed by atoms with Gasteiger partial charge in [0.2, 0.25) is 5.89 Å². The highest BCUT2D eigenvalue weighted by Crippen LogP contribution is 2.23. The van der Waals surface area contributed by atoms with Crippen molar-refractivity contribution < 1.29 is 4.52 Å². The zero-order valence-electron chi connectivity index (χ0n) is 15.0. The fraction of sp³-hybridized carbons (Fsp3) is 0.444.